The lowest BCUT2D eigenvalue weighted by molar-refractivity contribution is -0.392. The summed E-state index contributed by atoms with van der Waals surface area (Å²) in [6.07, 6.45) is -2.56. The number of alkyl halides is 2. The quantitative estimate of drug-likeness (QED) is 0.621. The number of aliphatic hydroxyl groups excluding tert-OH is 1. The first-order chi connectivity index (χ1) is 6.99. The lowest BCUT2D eigenvalue weighted by Gasteiger charge is -2.05. The highest BCUT2D eigenvalue weighted by Gasteiger charge is 2.26. The van der Waals surface area contributed by atoms with Gasteiger partial charge in [-0.1, -0.05) is 0 Å². The minimum absolute atomic E-state index is 0.484. The highest BCUT2D eigenvalue weighted by molar-refractivity contribution is 5.35. The van der Waals surface area contributed by atoms with E-state index in [4.69, 9.17) is 5.11 Å². The smallest absolute Gasteiger partial charge is 0.392 e. The number of nitrogens with zero attached hydrogens (tertiary/aromatic N) is 2. The molecule has 0 spiro atoms. The summed E-state index contributed by atoms with van der Waals surface area (Å²) in [5.74, 6) is -2.70. The summed E-state index contributed by atoms with van der Waals surface area (Å²) < 4.78 is 37.6. The number of hydrogen-bond acceptors (Lipinski definition) is 4. The van der Waals surface area contributed by atoms with Gasteiger partial charge < -0.3 is 15.2 Å². The van der Waals surface area contributed by atoms with E-state index in [0.29, 0.717) is 6.20 Å². The van der Waals surface area contributed by atoms with Crippen molar-refractivity contribution in [3.05, 3.63) is 33.3 Å². The van der Waals surface area contributed by atoms with Crippen LogP contribution in [-0.2, 0) is 6.61 Å². The molecule has 0 unspecified atom stereocenters. The van der Waals surface area contributed by atoms with Gasteiger partial charge in [0.05, 0.1) is 12.2 Å². The number of nitro groups is 1. The molecule has 0 radical (unpaired) electrons. The molecule has 1 aromatic heterocycles. The topological polar surface area (TPSA) is 76.3 Å². The van der Waals surface area contributed by atoms with Crippen LogP contribution in [0, 0.1) is 15.9 Å². The molecule has 0 amide bonds. The Balaban J connectivity index is 3.39. The number of aliphatic hydroxyl groups is 1. The Morgan fingerprint density at radius 1 is 1.60 bits per heavy atom. The van der Waals surface area contributed by atoms with E-state index in [-0.39, 0.29) is 0 Å². The summed E-state index contributed by atoms with van der Waals surface area (Å²) in [4.78, 5) is 12.0. The third kappa shape index (κ3) is 2.04. The van der Waals surface area contributed by atoms with Crippen molar-refractivity contribution in [3.8, 4) is 0 Å². The van der Waals surface area contributed by atoms with Crippen molar-refractivity contribution in [2.75, 3.05) is 0 Å². The standard InChI is InChI=1S/C7H5F3N2O3/c8-5-4(2-13)3(6(9)10)1-11-7(5)12(14)15/h1,6,13H,2H2. The van der Waals surface area contributed by atoms with Crippen molar-refractivity contribution in [2.45, 2.75) is 13.0 Å². The molecule has 0 saturated heterocycles. The Labute approximate surface area is 81.3 Å². The first-order valence-electron chi connectivity index (χ1n) is 3.69. The van der Waals surface area contributed by atoms with Gasteiger partial charge in [0.2, 0.25) is 5.82 Å². The fourth-order valence-electron chi connectivity index (χ4n) is 1.00. The molecule has 0 saturated carbocycles. The summed E-state index contributed by atoms with van der Waals surface area (Å²) >= 11 is 0. The van der Waals surface area contributed by atoms with Gasteiger partial charge in [-0.3, -0.25) is 0 Å². The van der Waals surface area contributed by atoms with Gasteiger partial charge in [0, 0.05) is 5.56 Å². The molecule has 0 aliphatic heterocycles. The monoisotopic (exact) mass is 222 g/mol. The first-order valence-corrected chi connectivity index (χ1v) is 3.69. The zero-order valence-electron chi connectivity index (χ0n) is 7.15. The molecule has 1 rings (SSSR count). The lowest BCUT2D eigenvalue weighted by atomic mass is 10.1. The highest BCUT2D eigenvalue weighted by Crippen LogP contribution is 2.27. The number of halogens is 3. The van der Waals surface area contributed by atoms with Crippen LogP contribution in [0.1, 0.15) is 17.6 Å². The molecule has 0 fully saturated rings. The van der Waals surface area contributed by atoms with Crippen LogP contribution < -0.4 is 0 Å². The van der Waals surface area contributed by atoms with Crippen LogP contribution in [-0.4, -0.2) is 15.0 Å². The number of aromatic nitrogens is 1. The number of rotatable bonds is 3. The molecular formula is C7H5F3N2O3. The largest absolute Gasteiger partial charge is 0.400 e. The Morgan fingerprint density at radius 2 is 2.20 bits per heavy atom. The van der Waals surface area contributed by atoms with E-state index >= 15 is 0 Å². The minimum Gasteiger partial charge on any atom is -0.392 e. The van der Waals surface area contributed by atoms with Crippen molar-refractivity contribution in [1.29, 1.82) is 0 Å². The molecule has 5 nitrogen and oxygen atoms in total. The van der Waals surface area contributed by atoms with E-state index in [1.807, 2.05) is 0 Å². The third-order valence-electron chi connectivity index (χ3n) is 1.70. The maximum Gasteiger partial charge on any atom is 0.400 e. The van der Waals surface area contributed by atoms with Gasteiger partial charge in [-0.15, -0.1) is 0 Å². The zero-order chi connectivity index (χ0) is 11.6. The second-order valence-corrected chi connectivity index (χ2v) is 2.55. The van der Waals surface area contributed by atoms with E-state index in [1.165, 1.54) is 0 Å². The SMILES string of the molecule is O=[N+]([O-])c1ncc(C(F)F)c(CO)c1F. The Bertz CT molecular complexity index is 397. The normalized spacial score (nSPS) is 10.7. The summed E-state index contributed by atoms with van der Waals surface area (Å²) in [6.45, 7) is -1.05. The summed E-state index contributed by atoms with van der Waals surface area (Å²) in [5, 5.41) is 18.8. The minimum atomic E-state index is -3.05. The molecule has 0 bridgehead atoms. The van der Waals surface area contributed by atoms with Crippen LogP contribution in [0.15, 0.2) is 6.20 Å². The van der Waals surface area contributed by atoms with Crippen molar-refractivity contribution >= 4 is 5.82 Å². The van der Waals surface area contributed by atoms with Gasteiger partial charge in [0.1, 0.15) is 6.20 Å². The van der Waals surface area contributed by atoms with Crippen molar-refractivity contribution < 1.29 is 23.2 Å². The second-order valence-electron chi connectivity index (χ2n) is 2.55. The zero-order valence-corrected chi connectivity index (χ0v) is 7.15. The first kappa shape index (κ1) is 11.4. The average Bonchev–Trinajstić information content (AvgIpc) is 2.16. The van der Waals surface area contributed by atoms with E-state index in [9.17, 15) is 23.3 Å². The van der Waals surface area contributed by atoms with Crippen LogP contribution in [0.25, 0.3) is 0 Å². The van der Waals surface area contributed by atoms with E-state index < -0.39 is 40.7 Å². The van der Waals surface area contributed by atoms with Gasteiger partial charge in [-0.05, 0) is 9.91 Å². The Morgan fingerprint density at radius 3 is 2.60 bits per heavy atom. The van der Waals surface area contributed by atoms with Gasteiger partial charge in [0.25, 0.3) is 6.43 Å². The predicted molar refractivity (Wildman–Crippen MR) is 41.7 cm³/mol. The van der Waals surface area contributed by atoms with Crippen LogP contribution in [0.4, 0.5) is 19.0 Å². The van der Waals surface area contributed by atoms with Crippen LogP contribution >= 0.6 is 0 Å². The van der Waals surface area contributed by atoms with E-state index in [2.05, 4.69) is 4.98 Å². The summed E-state index contributed by atoms with van der Waals surface area (Å²) in [7, 11) is 0. The summed E-state index contributed by atoms with van der Waals surface area (Å²) in [6, 6.07) is 0. The molecule has 1 N–H and O–H groups in total. The van der Waals surface area contributed by atoms with Crippen LogP contribution in [0.2, 0.25) is 0 Å². The third-order valence-corrected chi connectivity index (χ3v) is 1.70. The maximum atomic E-state index is 13.1. The molecule has 1 heterocycles. The number of pyridine rings is 1. The Kier molecular flexibility index (Phi) is 3.20. The van der Waals surface area contributed by atoms with Crippen molar-refractivity contribution in [1.82, 2.24) is 4.98 Å². The molecule has 1 aromatic rings. The highest BCUT2D eigenvalue weighted by atomic mass is 19.3. The van der Waals surface area contributed by atoms with Gasteiger partial charge in [-0.2, -0.15) is 4.39 Å². The fraction of sp³-hybridized carbons (Fsp3) is 0.286. The predicted octanol–water partition coefficient (Wildman–Crippen LogP) is 1.56. The van der Waals surface area contributed by atoms with Crippen molar-refractivity contribution in [2.24, 2.45) is 0 Å². The molecule has 8 heteroatoms. The molecule has 0 aromatic carbocycles. The molecule has 82 valence electrons. The summed E-state index contributed by atoms with van der Waals surface area (Å²) in [5.41, 5.74) is -1.65. The molecule has 15 heavy (non-hydrogen) atoms. The lowest BCUT2D eigenvalue weighted by Crippen LogP contribution is -2.05. The number of hydrogen-bond donors (Lipinski definition) is 1. The average molecular weight is 222 g/mol. The molecule has 0 aliphatic rings. The van der Waals surface area contributed by atoms with Crippen molar-refractivity contribution in [3.63, 3.8) is 0 Å². The van der Waals surface area contributed by atoms with Gasteiger partial charge in [-0.25, -0.2) is 8.78 Å². The van der Waals surface area contributed by atoms with Crippen LogP contribution in [0.5, 0.6) is 0 Å². The molecule has 0 aliphatic carbocycles. The second kappa shape index (κ2) is 4.22. The fourth-order valence-corrected chi connectivity index (χ4v) is 1.00. The van der Waals surface area contributed by atoms with Gasteiger partial charge >= 0.3 is 5.82 Å². The molecule has 0 atom stereocenters. The van der Waals surface area contributed by atoms with Gasteiger partial charge in [0.15, 0.2) is 0 Å². The van der Waals surface area contributed by atoms with E-state index in [0.717, 1.165) is 0 Å². The molecular weight excluding hydrogens is 217 g/mol. The Hall–Kier alpha value is -1.70. The maximum absolute atomic E-state index is 13.1. The van der Waals surface area contributed by atoms with E-state index in [1.54, 1.807) is 0 Å². The van der Waals surface area contributed by atoms with Crippen LogP contribution in [0.3, 0.4) is 0 Å².